The fourth-order valence-electron chi connectivity index (χ4n) is 6.71. The van der Waals surface area contributed by atoms with Crippen LogP contribution in [-0.4, -0.2) is 58.9 Å². The number of hydrogen-bond donors (Lipinski definition) is 0. The van der Waals surface area contributed by atoms with Gasteiger partial charge in [-0.05, 0) is 57.8 Å². The molecule has 1 aromatic rings. The van der Waals surface area contributed by atoms with Crippen LogP contribution in [0.5, 0.6) is 0 Å². The highest BCUT2D eigenvalue weighted by molar-refractivity contribution is 8.00. The maximum atomic E-state index is 14.0. The molecule has 2 saturated heterocycles. The zero-order valence-electron chi connectivity index (χ0n) is 25.2. The SMILES string of the molecule is CCC1OC(=O)C(C)C(=O)C(C)CC(C)(OC)CC(C)C(=O)C(C)C2C(SCCc3ccccc3)C(=O)OC12C. The molecule has 0 radical (unpaired) electrons. The number of methoxy groups -OCH3 is 1. The number of esters is 2. The van der Waals surface area contributed by atoms with Gasteiger partial charge in [-0.1, -0.05) is 58.0 Å². The van der Waals surface area contributed by atoms with E-state index in [4.69, 9.17) is 14.2 Å². The van der Waals surface area contributed by atoms with E-state index in [1.807, 2.05) is 45.9 Å². The first-order valence-corrected chi connectivity index (χ1v) is 15.5. The Balaban J connectivity index is 2.01. The van der Waals surface area contributed by atoms with Crippen molar-refractivity contribution in [2.24, 2.45) is 29.6 Å². The molecule has 9 unspecified atom stereocenters. The van der Waals surface area contributed by atoms with E-state index in [-0.39, 0.29) is 17.5 Å². The van der Waals surface area contributed by atoms with Gasteiger partial charge in [-0.3, -0.25) is 19.2 Å². The van der Waals surface area contributed by atoms with E-state index in [2.05, 4.69) is 12.1 Å². The first kappa shape index (κ1) is 32.3. The van der Waals surface area contributed by atoms with Gasteiger partial charge in [-0.15, -0.1) is 11.8 Å². The lowest BCUT2D eigenvalue weighted by molar-refractivity contribution is -0.183. The molecule has 222 valence electrons. The number of carbonyl (C=O) groups excluding carboxylic acids is 4. The van der Waals surface area contributed by atoms with E-state index in [1.54, 1.807) is 27.9 Å². The van der Waals surface area contributed by atoms with Gasteiger partial charge >= 0.3 is 11.9 Å². The van der Waals surface area contributed by atoms with Crippen molar-refractivity contribution in [2.45, 2.75) is 96.7 Å². The topological polar surface area (TPSA) is 96.0 Å². The lowest BCUT2D eigenvalue weighted by atomic mass is 9.70. The van der Waals surface area contributed by atoms with Crippen molar-refractivity contribution in [3.63, 3.8) is 0 Å². The molecule has 2 aliphatic heterocycles. The highest BCUT2D eigenvalue weighted by atomic mass is 32.2. The second-order valence-electron chi connectivity index (χ2n) is 12.2. The summed E-state index contributed by atoms with van der Waals surface area (Å²) in [6.07, 6.45) is 1.15. The van der Waals surface area contributed by atoms with E-state index < -0.39 is 58.2 Å². The second kappa shape index (κ2) is 13.2. The van der Waals surface area contributed by atoms with Crippen LogP contribution < -0.4 is 0 Å². The van der Waals surface area contributed by atoms with E-state index >= 15 is 0 Å². The van der Waals surface area contributed by atoms with Crippen molar-refractivity contribution in [3.8, 4) is 0 Å². The van der Waals surface area contributed by atoms with Crippen molar-refractivity contribution in [3.05, 3.63) is 35.9 Å². The molecule has 40 heavy (non-hydrogen) atoms. The zero-order chi connectivity index (χ0) is 29.8. The summed E-state index contributed by atoms with van der Waals surface area (Å²) < 4.78 is 17.9. The lowest BCUT2D eigenvalue weighted by Gasteiger charge is -2.41. The fraction of sp³-hybridized carbons (Fsp3) is 0.688. The van der Waals surface area contributed by atoms with Crippen molar-refractivity contribution in [1.82, 2.24) is 0 Å². The van der Waals surface area contributed by atoms with E-state index in [1.165, 1.54) is 17.3 Å². The number of cyclic esters (lactones) is 1. The van der Waals surface area contributed by atoms with Crippen LogP contribution >= 0.6 is 11.8 Å². The molecule has 0 spiro atoms. The predicted octanol–water partition coefficient (Wildman–Crippen LogP) is 5.47. The Kier molecular flexibility index (Phi) is 10.7. The van der Waals surface area contributed by atoms with Gasteiger partial charge in [0.15, 0.2) is 5.60 Å². The number of fused-ring (bicyclic) bond motifs is 1. The van der Waals surface area contributed by atoms with Crippen LogP contribution in [0.2, 0.25) is 0 Å². The number of thioether (sulfide) groups is 1. The van der Waals surface area contributed by atoms with Gasteiger partial charge in [-0.2, -0.15) is 0 Å². The molecule has 2 aliphatic rings. The summed E-state index contributed by atoms with van der Waals surface area (Å²) in [6.45, 7) is 12.7. The number of aryl methyl sites for hydroxylation is 1. The van der Waals surface area contributed by atoms with E-state index in [0.717, 1.165) is 6.42 Å². The molecule has 2 heterocycles. The van der Waals surface area contributed by atoms with Gasteiger partial charge in [0.25, 0.3) is 0 Å². The molecule has 9 atom stereocenters. The number of carbonyl (C=O) groups is 4. The number of rotatable bonds is 6. The number of hydrogen-bond acceptors (Lipinski definition) is 8. The molecule has 2 fully saturated rings. The molecule has 0 bridgehead atoms. The Morgan fingerprint density at radius 3 is 2.10 bits per heavy atom. The summed E-state index contributed by atoms with van der Waals surface area (Å²) >= 11 is 1.50. The van der Waals surface area contributed by atoms with E-state index in [9.17, 15) is 19.2 Å². The minimum absolute atomic E-state index is 0.0112. The number of Topliss-reactive ketones (excluding diaryl/α,β-unsaturated/α-hetero) is 2. The third kappa shape index (κ3) is 6.81. The average Bonchev–Trinajstić information content (AvgIpc) is 3.19. The lowest BCUT2D eigenvalue weighted by Crippen LogP contribution is -2.53. The van der Waals surface area contributed by atoms with Crippen LogP contribution in [0.3, 0.4) is 0 Å². The molecule has 7 nitrogen and oxygen atoms in total. The van der Waals surface area contributed by atoms with Crippen molar-refractivity contribution in [1.29, 1.82) is 0 Å². The summed E-state index contributed by atoms with van der Waals surface area (Å²) in [7, 11) is 1.59. The van der Waals surface area contributed by atoms with Crippen molar-refractivity contribution < 1.29 is 33.4 Å². The first-order valence-electron chi connectivity index (χ1n) is 14.5. The first-order chi connectivity index (χ1) is 18.8. The highest BCUT2D eigenvalue weighted by Crippen LogP contribution is 2.48. The highest BCUT2D eigenvalue weighted by Gasteiger charge is 2.61. The van der Waals surface area contributed by atoms with Gasteiger partial charge in [-0.25, -0.2) is 0 Å². The van der Waals surface area contributed by atoms with Gasteiger partial charge < -0.3 is 14.2 Å². The summed E-state index contributed by atoms with van der Waals surface area (Å²) in [6, 6.07) is 10.0. The van der Waals surface area contributed by atoms with Crippen LogP contribution in [0.25, 0.3) is 0 Å². The minimum Gasteiger partial charge on any atom is -0.458 e. The van der Waals surface area contributed by atoms with Gasteiger partial charge in [0.2, 0.25) is 0 Å². The Hall–Kier alpha value is -2.19. The molecular weight excluding hydrogens is 528 g/mol. The number of ether oxygens (including phenoxy) is 3. The maximum Gasteiger partial charge on any atom is 0.320 e. The summed E-state index contributed by atoms with van der Waals surface area (Å²) in [4.78, 5) is 54.0. The quantitative estimate of drug-likeness (QED) is 0.326. The summed E-state index contributed by atoms with van der Waals surface area (Å²) in [5.41, 5.74) is -0.789. The third-order valence-corrected chi connectivity index (χ3v) is 10.3. The Bertz CT molecular complexity index is 1070. The van der Waals surface area contributed by atoms with E-state index in [0.29, 0.717) is 25.0 Å². The Morgan fingerprint density at radius 2 is 1.52 bits per heavy atom. The minimum atomic E-state index is -1.22. The third-order valence-electron chi connectivity index (χ3n) is 9.05. The number of ketones is 2. The van der Waals surface area contributed by atoms with Crippen molar-refractivity contribution >= 4 is 35.3 Å². The number of benzene rings is 1. The van der Waals surface area contributed by atoms with Crippen molar-refractivity contribution in [2.75, 3.05) is 12.9 Å². The summed E-state index contributed by atoms with van der Waals surface area (Å²) in [5, 5.41) is -0.589. The molecule has 0 N–H and O–H groups in total. The predicted molar refractivity (Wildman–Crippen MR) is 156 cm³/mol. The standard InChI is InChI=1S/C32H46O7S/c1-9-24-32(7)25(28(30(36)39-32)40-16-15-23-13-11-10-12-14-23)21(4)26(33)19(2)17-31(6,37-8)18-20(3)27(34)22(5)29(35)38-24/h10-14,19-22,24-25,28H,9,15-18H2,1-8H3. The Morgan fingerprint density at radius 1 is 0.925 bits per heavy atom. The van der Waals surface area contributed by atoms with Gasteiger partial charge in [0, 0.05) is 30.8 Å². The molecule has 0 aliphatic carbocycles. The second-order valence-corrected chi connectivity index (χ2v) is 13.4. The zero-order valence-corrected chi connectivity index (χ0v) is 26.0. The van der Waals surface area contributed by atoms with Crippen LogP contribution in [0.1, 0.15) is 73.3 Å². The average molecular weight is 575 g/mol. The molecule has 3 rings (SSSR count). The molecule has 0 aromatic heterocycles. The van der Waals surface area contributed by atoms with Crippen LogP contribution in [0.15, 0.2) is 30.3 Å². The smallest absolute Gasteiger partial charge is 0.320 e. The fourth-order valence-corrected chi connectivity index (χ4v) is 8.22. The molecular formula is C32H46O7S. The molecule has 1 aromatic carbocycles. The van der Waals surface area contributed by atoms with Crippen LogP contribution in [0, 0.1) is 29.6 Å². The largest absolute Gasteiger partial charge is 0.458 e. The molecule has 0 saturated carbocycles. The monoisotopic (exact) mass is 574 g/mol. The Labute approximate surface area is 243 Å². The maximum absolute atomic E-state index is 14.0. The normalized spacial score (nSPS) is 37.9. The molecule has 8 heteroatoms. The van der Waals surface area contributed by atoms with Gasteiger partial charge in [0.05, 0.1) is 5.60 Å². The molecule has 0 amide bonds. The summed E-state index contributed by atoms with van der Waals surface area (Å²) in [5.74, 6) is -3.44. The van der Waals surface area contributed by atoms with Crippen LogP contribution in [0.4, 0.5) is 0 Å². The van der Waals surface area contributed by atoms with Crippen LogP contribution in [-0.2, 0) is 39.8 Å². The van der Waals surface area contributed by atoms with Gasteiger partial charge in [0.1, 0.15) is 28.8 Å².